The first-order valence-electron chi connectivity index (χ1n) is 6.12. The molecule has 2 rings (SSSR count). The highest BCUT2D eigenvalue weighted by Crippen LogP contribution is 2.18. The van der Waals surface area contributed by atoms with E-state index in [0.717, 1.165) is 4.90 Å². The minimum absolute atomic E-state index is 0.0137. The molecule has 0 aromatic carbocycles. The summed E-state index contributed by atoms with van der Waals surface area (Å²) in [6, 6.07) is 1.90. The topological polar surface area (TPSA) is 120 Å². The highest BCUT2D eigenvalue weighted by molar-refractivity contribution is 9.10. The van der Waals surface area contributed by atoms with Gasteiger partial charge in [0, 0.05) is 13.0 Å². The van der Waals surface area contributed by atoms with Crippen molar-refractivity contribution in [1.29, 1.82) is 0 Å². The monoisotopic (exact) mass is 360 g/mol. The molecule has 1 saturated heterocycles. The van der Waals surface area contributed by atoms with Crippen molar-refractivity contribution in [2.45, 2.75) is 18.6 Å². The van der Waals surface area contributed by atoms with E-state index in [4.69, 9.17) is 9.52 Å². The molecule has 0 radical (unpaired) electrons. The van der Waals surface area contributed by atoms with Gasteiger partial charge in [-0.15, -0.1) is 0 Å². The van der Waals surface area contributed by atoms with E-state index in [2.05, 4.69) is 21.2 Å². The zero-order valence-corrected chi connectivity index (χ0v) is 12.4. The van der Waals surface area contributed by atoms with Gasteiger partial charge in [0.05, 0.1) is 12.6 Å². The molecule has 0 unspecified atom stereocenters. The quantitative estimate of drug-likeness (QED) is 0.684. The summed E-state index contributed by atoms with van der Waals surface area (Å²) >= 11 is 3.05. The summed E-state index contributed by atoms with van der Waals surface area (Å²) in [6.45, 7) is -0.425. The van der Waals surface area contributed by atoms with Crippen LogP contribution < -0.4 is 5.32 Å². The fourth-order valence-corrected chi connectivity index (χ4v) is 2.41. The minimum atomic E-state index is -1.18. The van der Waals surface area contributed by atoms with Crippen LogP contribution in [0.2, 0.25) is 0 Å². The summed E-state index contributed by atoms with van der Waals surface area (Å²) in [4.78, 5) is 35.7. The molecule has 0 saturated carbocycles. The van der Waals surface area contributed by atoms with Gasteiger partial charge in [0.1, 0.15) is 6.04 Å². The number of aliphatic hydroxyl groups excluding tert-OH is 1. The number of carboxylic acids is 1. The molecule has 8 nitrogen and oxygen atoms in total. The second-order valence-corrected chi connectivity index (χ2v) is 5.36. The zero-order valence-electron chi connectivity index (χ0n) is 10.8. The predicted molar refractivity (Wildman–Crippen MR) is 72.5 cm³/mol. The highest BCUT2D eigenvalue weighted by Gasteiger charge is 2.38. The number of halogens is 1. The van der Waals surface area contributed by atoms with Crippen LogP contribution >= 0.6 is 15.9 Å². The molecule has 0 spiro atoms. The van der Waals surface area contributed by atoms with E-state index < -0.39 is 29.9 Å². The Morgan fingerprint density at radius 1 is 1.43 bits per heavy atom. The number of carbonyl (C=O) groups is 3. The van der Waals surface area contributed by atoms with Crippen LogP contribution in [0.4, 0.5) is 0 Å². The summed E-state index contributed by atoms with van der Waals surface area (Å²) in [5.41, 5.74) is 0. The Balaban J connectivity index is 1.92. The standard InChI is InChI=1S/C12H13BrN2O6/c13-9-2-1-8(21-9)11(18)14-4-10(17)15-5-6(16)3-7(15)12(19)20/h1-2,6-7,16H,3-5H2,(H,14,18)(H,19,20)/t6-,7-/m1/s1. The number of furan rings is 1. The lowest BCUT2D eigenvalue weighted by atomic mass is 10.2. The Morgan fingerprint density at radius 2 is 2.14 bits per heavy atom. The summed E-state index contributed by atoms with van der Waals surface area (Å²) in [6.07, 6.45) is -0.882. The van der Waals surface area contributed by atoms with Crippen LogP contribution in [0.15, 0.2) is 21.2 Å². The molecule has 2 heterocycles. The molecule has 3 N–H and O–H groups in total. The predicted octanol–water partition coefficient (Wildman–Crippen LogP) is -0.182. The zero-order chi connectivity index (χ0) is 15.6. The van der Waals surface area contributed by atoms with E-state index in [0.29, 0.717) is 4.67 Å². The van der Waals surface area contributed by atoms with Crippen LogP contribution in [0, 0.1) is 0 Å². The van der Waals surface area contributed by atoms with Gasteiger partial charge in [0.15, 0.2) is 10.4 Å². The molecule has 2 amide bonds. The maximum absolute atomic E-state index is 11.9. The molecule has 1 fully saturated rings. The van der Waals surface area contributed by atoms with Crippen molar-refractivity contribution in [2.75, 3.05) is 13.1 Å². The summed E-state index contributed by atoms with van der Waals surface area (Å²) in [5, 5.41) is 20.8. The van der Waals surface area contributed by atoms with E-state index >= 15 is 0 Å². The lowest BCUT2D eigenvalue weighted by Gasteiger charge is -2.21. The largest absolute Gasteiger partial charge is 0.480 e. The van der Waals surface area contributed by atoms with Gasteiger partial charge in [-0.1, -0.05) is 0 Å². The second kappa shape index (κ2) is 6.27. The second-order valence-electron chi connectivity index (χ2n) is 4.58. The molecule has 0 aliphatic carbocycles. The fourth-order valence-electron chi connectivity index (χ4n) is 2.10. The summed E-state index contributed by atoms with van der Waals surface area (Å²) < 4.78 is 5.41. The molecule has 0 bridgehead atoms. The van der Waals surface area contributed by atoms with Gasteiger partial charge in [-0.2, -0.15) is 0 Å². The Kier molecular flexibility index (Phi) is 4.63. The average molecular weight is 361 g/mol. The normalized spacial score (nSPS) is 21.3. The SMILES string of the molecule is O=C(NCC(=O)N1C[C@H](O)C[C@@H]1C(=O)O)c1ccc(Br)o1. The van der Waals surface area contributed by atoms with Crippen LogP contribution in [0.25, 0.3) is 0 Å². The lowest BCUT2D eigenvalue weighted by molar-refractivity contribution is -0.147. The number of amides is 2. The Hall–Kier alpha value is -1.87. The molecule has 1 aliphatic heterocycles. The molecule has 1 aromatic heterocycles. The van der Waals surface area contributed by atoms with Gasteiger partial charge < -0.3 is 24.8 Å². The Bertz CT molecular complexity index is 572. The molecular weight excluding hydrogens is 348 g/mol. The highest BCUT2D eigenvalue weighted by atomic mass is 79.9. The van der Waals surface area contributed by atoms with Crippen molar-refractivity contribution in [3.05, 3.63) is 22.6 Å². The Labute approximate surface area is 127 Å². The molecule has 21 heavy (non-hydrogen) atoms. The van der Waals surface area contributed by atoms with E-state index in [1.165, 1.54) is 12.1 Å². The summed E-state index contributed by atoms with van der Waals surface area (Å²) in [5.74, 6) is -2.30. The van der Waals surface area contributed by atoms with Crippen LogP contribution in [-0.4, -0.2) is 58.1 Å². The maximum atomic E-state index is 11.9. The number of carboxylic acid groups (broad SMARTS) is 1. The first kappa shape index (κ1) is 15.5. The number of nitrogens with zero attached hydrogens (tertiary/aromatic N) is 1. The van der Waals surface area contributed by atoms with E-state index in [1.54, 1.807) is 0 Å². The molecule has 1 aromatic rings. The van der Waals surface area contributed by atoms with Crippen LogP contribution in [-0.2, 0) is 9.59 Å². The third-order valence-corrected chi connectivity index (χ3v) is 3.51. The van der Waals surface area contributed by atoms with Gasteiger partial charge in [0.2, 0.25) is 5.91 Å². The van der Waals surface area contributed by atoms with Gasteiger partial charge >= 0.3 is 5.97 Å². The third kappa shape index (κ3) is 3.61. The molecule has 9 heteroatoms. The van der Waals surface area contributed by atoms with Crippen molar-refractivity contribution in [1.82, 2.24) is 10.2 Å². The number of hydrogen-bond donors (Lipinski definition) is 3. The van der Waals surface area contributed by atoms with Crippen molar-refractivity contribution in [3.63, 3.8) is 0 Å². The fraction of sp³-hybridized carbons (Fsp3) is 0.417. The molecular formula is C12H13BrN2O6. The van der Waals surface area contributed by atoms with Crippen molar-refractivity contribution in [3.8, 4) is 0 Å². The first-order chi connectivity index (χ1) is 9.88. The number of aliphatic carboxylic acids is 1. The van der Waals surface area contributed by atoms with Crippen molar-refractivity contribution < 1.29 is 29.0 Å². The molecule has 1 aliphatic rings. The van der Waals surface area contributed by atoms with Crippen LogP contribution in [0.5, 0.6) is 0 Å². The number of hydrogen-bond acceptors (Lipinski definition) is 5. The van der Waals surface area contributed by atoms with Crippen molar-refractivity contribution >= 4 is 33.7 Å². The van der Waals surface area contributed by atoms with Crippen LogP contribution in [0.1, 0.15) is 17.0 Å². The number of aliphatic hydroxyl groups is 1. The van der Waals surface area contributed by atoms with E-state index in [-0.39, 0.29) is 25.3 Å². The first-order valence-corrected chi connectivity index (χ1v) is 6.91. The number of likely N-dealkylation sites (tertiary alicyclic amines) is 1. The van der Waals surface area contributed by atoms with E-state index in [9.17, 15) is 19.5 Å². The maximum Gasteiger partial charge on any atom is 0.326 e. The third-order valence-electron chi connectivity index (χ3n) is 3.08. The molecule has 114 valence electrons. The van der Waals surface area contributed by atoms with Gasteiger partial charge in [-0.25, -0.2) is 4.79 Å². The van der Waals surface area contributed by atoms with Gasteiger partial charge in [-0.05, 0) is 28.1 Å². The van der Waals surface area contributed by atoms with E-state index in [1.807, 2.05) is 0 Å². The lowest BCUT2D eigenvalue weighted by Crippen LogP contribution is -2.45. The molecule has 2 atom stereocenters. The number of β-amino-alcohol motifs (C(OH)–C–C–N with tert-alkyl or cyclic N) is 1. The number of nitrogens with one attached hydrogen (secondary N) is 1. The van der Waals surface area contributed by atoms with Crippen molar-refractivity contribution in [2.24, 2.45) is 0 Å². The number of carbonyl (C=O) groups excluding carboxylic acids is 2. The summed E-state index contributed by atoms with van der Waals surface area (Å²) in [7, 11) is 0. The average Bonchev–Trinajstić information content (AvgIpc) is 3.01. The smallest absolute Gasteiger partial charge is 0.326 e. The van der Waals surface area contributed by atoms with Gasteiger partial charge in [-0.3, -0.25) is 9.59 Å². The van der Waals surface area contributed by atoms with Gasteiger partial charge in [0.25, 0.3) is 5.91 Å². The Morgan fingerprint density at radius 3 is 2.71 bits per heavy atom. The minimum Gasteiger partial charge on any atom is -0.480 e. The van der Waals surface area contributed by atoms with Crippen LogP contribution in [0.3, 0.4) is 0 Å². The number of rotatable bonds is 4.